The Morgan fingerprint density at radius 1 is 1.20 bits per heavy atom. The number of hydrogen-bond donors (Lipinski definition) is 3. The molecule has 0 heterocycles. The lowest BCUT2D eigenvalue weighted by atomic mass is 10.0. The molecule has 2 unspecified atom stereocenters. The Morgan fingerprint density at radius 2 is 1.90 bits per heavy atom. The van der Waals surface area contributed by atoms with E-state index in [1.807, 2.05) is 38.1 Å². The molecule has 5 heteroatoms. The van der Waals surface area contributed by atoms with Crippen molar-refractivity contribution in [2.75, 3.05) is 33.0 Å². The van der Waals surface area contributed by atoms with Crippen molar-refractivity contribution in [1.82, 2.24) is 5.32 Å². The van der Waals surface area contributed by atoms with Gasteiger partial charge in [0.15, 0.2) is 0 Å². The summed E-state index contributed by atoms with van der Waals surface area (Å²) in [5, 5.41) is 22.0. The van der Waals surface area contributed by atoms with Crippen molar-refractivity contribution < 1.29 is 19.7 Å². The minimum absolute atomic E-state index is 0.0321. The van der Waals surface area contributed by atoms with Crippen LogP contribution in [0.2, 0.25) is 0 Å². The largest absolute Gasteiger partial charge is 0.494 e. The van der Waals surface area contributed by atoms with E-state index in [-0.39, 0.29) is 12.6 Å². The zero-order valence-electron chi connectivity index (χ0n) is 12.2. The number of ether oxygens (including phenoxy) is 2. The Balaban J connectivity index is 2.37. The summed E-state index contributed by atoms with van der Waals surface area (Å²) < 4.78 is 10.5. The average molecular weight is 283 g/mol. The van der Waals surface area contributed by atoms with Gasteiger partial charge in [-0.2, -0.15) is 0 Å². The van der Waals surface area contributed by atoms with Gasteiger partial charge in [0.05, 0.1) is 32.5 Å². The minimum atomic E-state index is -0.580. The SMILES string of the molecule is CCOc1ccc(C(O)C(C)NCCOCCO)cc1. The van der Waals surface area contributed by atoms with Crippen molar-refractivity contribution in [1.29, 1.82) is 0 Å². The summed E-state index contributed by atoms with van der Waals surface area (Å²) in [4.78, 5) is 0. The summed E-state index contributed by atoms with van der Waals surface area (Å²) in [6.45, 7) is 6.02. The summed E-state index contributed by atoms with van der Waals surface area (Å²) in [5.74, 6) is 0.807. The van der Waals surface area contributed by atoms with E-state index in [0.717, 1.165) is 11.3 Å². The van der Waals surface area contributed by atoms with Crippen LogP contribution in [0.5, 0.6) is 5.75 Å². The van der Waals surface area contributed by atoms with E-state index < -0.39 is 6.10 Å². The maximum atomic E-state index is 10.2. The summed E-state index contributed by atoms with van der Waals surface area (Å²) in [6.07, 6.45) is -0.580. The molecule has 1 aromatic carbocycles. The minimum Gasteiger partial charge on any atom is -0.494 e. The maximum Gasteiger partial charge on any atom is 0.119 e. The van der Waals surface area contributed by atoms with Crippen LogP contribution in [-0.2, 0) is 4.74 Å². The van der Waals surface area contributed by atoms with E-state index in [2.05, 4.69) is 5.32 Å². The molecule has 5 nitrogen and oxygen atoms in total. The summed E-state index contributed by atoms with van der Waals surface area (Å²) in [7, 11) is 0. The van der Waals surface area contributed by atoms with Gasteiger partial charge in [-0.05, 0) is 31.5 Å². The molecule has 0 fully saturated rings. The molecule has 0 aliphatic heterocycles. The average Bonchev–Trinajstić information content (AvgIpc) is 2.47. The standard InChI is InChI=1S/C15H25NO4/c1-3-20-14-6-4-13(5-7-14)15(18)12(2)16-8-10-19-11-9-17/h4-7,12,15-18H,3,8-11H2,1-2H3. The molecule has 0 aliphatic carbocycles. The first-order valence-corrected chi connectivity index (χ1v) is 7.01. The Bertz CT molecular complexity index is 355. The smallest absolute Gasteiger partial charge is 0.119 e. The molecular weight excluding hydrogens is 258 g/mol. The third-order valence-corrected chi connectivity index (χ3v) is 2.95. The van der Waals surface area contributed by atoms with Crippen molar-refractivity contribution in [2.24, 2.45) is 0 Å². The van der Waals surface area contributed by atoms with Gasteiger partial charge in [-0.15, -0.1) is 0 Å². The molecule has 3 N–H and O–H groups in total. The molecule has 0 saturated heterocycles. The topological polar surface area (TPSA) is 71.0 Å². The normalized spacial score (nSPS) is 14.0. The Morgan fingerprint density at radius 3 is 2.50 bits per heavy atom. The van der Waals surface area contributed by atoms with E-state index in [9.17, 15) is 5.11 Å². The summed E-state index contributed by atoms with van der Waals surface area (Å²) in [5.41, 5.74) is 0.852. The fourth-order valence-corrected chi connectivity index (χ4v) is 1.85. The van der Waals surface area contributed by atoms with Crippen LogP contribution >= 0.6 is 0 Å². The van der Waals surface area contributed by atoms with E-state index in [0.29, 0.717) is 26.4 Å². The van der Waals surface area contributed by atoms with Gasteiger partial charge < -0.3 is 25.0 Å². The highest BCUT2D eigenvalue weighted by atomic mass is 16.5. The molecule has 0 amide bonds. The number of benzene rings is 1. The van der Waals surface area contributed by atoms with E-state index in [1.165, 1.54) is 0 Å². The van der Waals surface area contributed by atoms with Gasteiger partial charge in [-0.3, -0.25) is 0 Å². The van der Waals surface area contributed by atoms with Crippen molar-refractivity contribution in [3.05, 3.63) is 29.8 Å². The van der Waals surface area contributed by atoms with Crippen LogP contribution in [0.1, 0.15) is 25.5 Å². The van der Waals surface area contributed by atoms with Crippen molar-refractivity contribution in [3.8, 4) is 5.75 Å². The fraction of sp³-hybridized carbons (Fsp3) is 0.600. The zero-order valence-corrected chi connectivity index (χ0v) is 12.2. The third-order valence-electron chi connectivity index (χ3n) is 2.95. The first-order chi connectivity index (χ1) is 9.69. The lowest BCUT2D eigenvalue weighted by Gasteiger charge is -2.21. The van der Waals surface area contributed by atoms with Gasteiger partial charge in [-0.25, -0.2) is 0 Å². The van der Waals surface area contributed by atoms with E-state index >= 15 is 0 Å². The van der Waals surface area contributed by atoms with Crippen LogP contribution in [0.4, 0.5) is 0 Å². The monoisotopic (exact) mass is 283 g/mol. The van der Waals surface area contributed by atoms with Crippen LogP contribution in [0, 0.1) is 0 Å². The molecule has 0 bridgehead atoms. The van der Waals surface area contributed by atoms with E-state index in [4.69, 9.17) is 14.6 Å². The molecule has 0 saturated carbocycles. The highest BCUT2D eigenvalue weighted by Gasteiger charge is 2.15. The van der Waals surface area contributed by atoms with Crippen LogP contribution in [0.25, 0.3) is 0 Å². The van der Waals surface area contributed by atoms with E-state index in [1.54, 1.807) is 0 Å². The number of rotatable bonds is 10. The lowest BCUT2D eigenvalue weighted by molar-refractivity contribution is 0.0849. The number of hydrogen-bond acceptors (Lipinski definition) is 5. The second kappa shape index (κ2) is 9.72. The molecule has 2 atom stereocenters. The van der Waals surface area contributed by atoms with Crippen molar-refractivity contribution in [3.63, 3.8) is 0 Å². The van der Waals surface area contributed by atoms with Gasteiger partial charge in [0.1, 0.15) is 5.75 Å². The quantitative estimate of drug-likeness (QED) is 0.561. The molecule has 0 aromatic heterocycles. The Kier molecular flexibility index (Phi) is 8.22. The Labute approximate surface area is 120 Å². The van der Waals surface area contributed by atoms with Gasteiger partial charge in [0.2, 0.25) is 0 Å². The van der Waals surface area contributed by atoms with Crippen molar-refractivity contribution in [2.45, 2.75) is 26.0 Å². The predicted octanol–water partition coefficient (Wildman–Crippen LogP) is 1.11. The van der Waals surface area contributed by atoms with Crippen LogP contribution in [-0.4, -0.2) is 49.2 Å². The fourth-order valence-electron chi connectivity index (χ4n) is 1.85. The number of aliphatic hydroxyl groups excluding tert-OH is 2. The lowest BCUT2D eigenvalue weighted by Crippen LogP contribution is -2.34. The first-order valence-electron chi connectivity index (χ1n) is 7.01. The highest BCUT2D eigenvalue weighted by Crippen LogP contribution is 2.20. The van der Waals surface area contributed by atoms with Crippen LogP contribution in [0.3, 0.4) is 0 Å². The molecule has 1 rings (SSSR count). The summed E-state index contributed by atoms with van der Waals surface area (Å²) >= 11 is 0. The number of aliphatic hydroxyl groups is 2. The van der Waals surface area contributed by atoms with Gasteiger partial charge in [0, 0.05) is 12.6 Å². The molecule has 0 aliphatic rings. The van der Waals surface area contributed by atoms with Gasteiger partial charge in [-0.1, -0.05) is 12.1 Å². The predicted molar refractivity (Wildman–Crippen MR) is 77.9 cm³/mol. The first kappa shape index (κ1) is 16.9. The molecule has 1 aromatic rings. The number of nitrogens with one attached hydrogen (secondary N) is 1. The maximum absolute atomic E-state index is 10.2. The molecule has 0 radical (unpaired) electrons. The summed E-state index contributed by atoms with van der Waals surface area (Å²) in [6, 6.07) is 7.38. The highest BCUT2D eigenvalue weighted by molar-refractivity contribution is 5.29. The Hall–Kier alpha value is -1.14. The van der Waals surface area contributed by atoms with Crippen LogP contribution < -0.4 is 10.1 Å². The van der Waals surface area contributed by atoms with Crippen LogP contribution in [0.15, 0.2) is 24.3 Å². The molecule has 20 heavy (non-hydrogen) atoms. The molecule has 0 spiro atoms. The third kappa shape index (κ3) is 5.88. The zero-order chi connectivity index (χ0) is 14.8. The molecule has 114 valence electrons. The van der Waals surface area contributed by atoms with Gasteiger partial charge >= 0.3 is 0 Å². The van der Waals surface area contributed by atoms with Gasteiger partial charge in [0.25, 0.3) is 0 Å². The second-order valence-corrected chi connectivity index (χ2v) is 4.53. The molecular formula is C15H25NO4. The second-order valence-electron chi connectivity index (χ2n) is 4.53. The van der Waals surface area contributed by atoms with Crippen molar-refractivity contribution >= 4 is 0 Å².